The maximum Gasteiger partial charge on any atom is 0.332 e. The van der Waals surface area contributed by atoms with E-state index in [2.05, 4.69) is 10.6 Å². The average Bonchev–Trinajstić information content (AvgIpc) is 2.32. The summed E-state index contributed by atoms with van der Waals surface area (Å²) < 4.78 is 13.3. The Morgan fingerprint density at radius 3 is 2.68 bits per heavy atom. The highest BCUT2D eigenvalue weighted by molar-refractivity contribution is 6.30. The van der Waals surface area contributed by atoms with E-state index in [0.717, 1.165) is 6.07 Å². The Bertz CT molecular complexity index is 484. The lowest BCUT2D eigenvalue weighted by atomic mass is 10.2. The van der Waals surface area contributed by atoms with Crippen LogP contribution >= 0.6 is 11.6 Å². The molecule has 0 radical (unpaired) electrons. The van der Waals surface area contributed by atoms with Crippen molar-refractivity contribution in [2.75, 3.05) is 11.9 Å². The molecule has 1 aromatic rings. The smallest absolute Gasteiger partial charge is 0.332 e. The predicted molar refractivity (Wildman–Crippen MR) is 66.7 cm³/mol. The van der Waals surface area contributed by atoms with Gasteiger partial charge < -0.3 is 20.8 Å². The Kier molecular flexibility index (Phi) is 5.53. The molecule has 0 unspecified atom stereocenters. The van der Waals surface area contributed by atoms with E-state index in [1.54, 1.807) is 0 Å². The summed E-state index contributed by atoms with van der Waals surface area (Å²) in [6, 6.07) is 3.04. The van der Waals surface area contributed by atoms with E-state index < -0.39 is 23.9 Å². The Labute approximate surface area is 113 Å². The molecule has 0 aromatic heterocycles. The molecule has 0 saturated heterocycles. The fourth-order valence-electron chi connectivity index (χ4n) is 1.20. The summed E-state index contributed by atoms with van der Waals surface area (Å²) in [6.45, 7) is -0.0610. The number of benzene rings is 1. The summed E-state index contributed by atoms with van der Waals surface area (Å²) >= 11 is 5.55. The molecule has 19 heavy (non-hydrogen) atoms. The highest BCUT2D eigenvalue weighted by atomic mass is 35.5. The minimum atomic E-state index is -1.55. The van der Waals surface area contributed by atoms with Crippen LogP contribution in [0, 0.1) is 5.82 Å². The SMILES string of the molecule is O=C(NCC[C@H](O)C(=O)O)Nc1ccc(Cl)cc1F. The van der Waals surface area contributed by atoms with Crippen LogP contribution in [0.25, 0.3) is 0 Å². The quantitative estimate of drug-likeness (QED) is 0.659. The summed E-state index contributed by atoms with van der Waals surface area (Å²) in [5, 5.41) is 22.1. The van der Waals surface area contributed by atoms with Crippen LogP contribution in [-0.4, -0.2) is 34.9 Å². The molecule has 1 atom stereocenters. The normalized spacial score (nSPS) is 11.7. The van der Waals surface area contributed by atoms with E-state index in [1.807, 2.05) is 0 Å². The van der Waals surface area contributed by atoms with Gasteiger partial charge in [-0.1, -0.05) is 11.6 Å². The Hall–Kier alpha value is -1.86. The summed E-state index contributed by atoms with van der Waals surface area (Å²) in [5.41, 5.74) is -0.0549. The zero-order chi connectivity index (χ0) is 14.4. The number of aliphatic hydroxyl groups excluding tert-OH is 1. The molecule has 1 rings (SSSR count). The summed E-state index contributed by atoms with van der Waals surface area (Å²) in [4.78, 5) is 21.7. The van der Waals surface area contributed by atoms with Crippen LogP contribution < -0.4 is 10.6 Å². The third kappa shape index (κ3) is 5.11. The number of carbonyl (C=O) groups is 2. The number of carboxylic acid groups (broad SMARTS) is 1. The van der Waals surface area contributed by atoms with Gasteiger partial charge in [0.2, 0.25) is 0 Å². The number of nitrogens with one attached hydrogen (secondary N) is 2. The fraction of sp³-hybridized carbons (Fsp3) is 0.273. The third-order valence-corrected chi connectivity index (χ3v) is 2.40. The van der Waals surface area contributed by atoms with Crippen molar-refractivity contribution < 1.29 is 24.2 Å². The molecule has 0 heterocycles. The van der Waals surface area contributed by atoms with Gasteiger partial charge in [-0.3, -0.25) is 0 Å². The van der Waals surface area contributed by atoms with Crippen LogP contribution in [-0.2, 0) is 4.79 Å². The molecular weight excluding hydrogens is 279 g/mol. The molecule has 6 nitrogen and oxygen atoms in total. The number of aliphatic carboxylic acids is 1. The van der Waals surface area contributed by atoms with Gasteiger partial charge >= 0.3 is 12.0 Å². The van der Waals surface area contributed by atoms with Crippen LogP contribution in [0.1, 0.15) is 6.42 Å². The topological polar surface area (TPSA) is 98.7 Å². The lowest BCUT2D eigenvalue weighted by Crippen LogP contribution is -2.33. The van der Waals surface area contributed by atoms with Crippen molar-refractivity contribution in [3.63, 3.8) is 0 Å². The lowest BCUT2D eigenvalue weighted by molar-refractivity contribution is -0.146. The molecule has 4 N–H and O–H groups in total. The highest BCUT2D eigenvalue weighted by Gasteiger charge is 2.13. The average molecular weight is 291 g/mol. The first-order chi connectivity index (χ1) is 8.90. The molecular formula is C11H12ClFN2O4. The van der Waals surface area contributed by atoms with E-state index in [-0.39, 0.29) is 23.7 Å². The third-order valence-electron chi connectivity index (χ3n) is 2.17. The molecule has 0 aliphatic heterocycles. The van der Waals surface area contributed by atoms with Crippen molar-refractivity contribution in [3.8, 4) is 0 Å². The fourth-order valence-corrected chi connectivity index (χ4v) is 1.36. The monoisotopic (exact) mass is 290 g/mol. The number of aliphatic hydroxyl groups is 1. The van der Waals surface area contributed by atoms with Crippen molar-refractivity contribution in [2.45, 2.75) is 12.5 Å². The van der Waals surface area contributed by atoms with E-state index >= 15 is 0 Å². The van der Waals surface area contributed by atoms with E-state index in [4.69, 9.17) is 21.8 Å². The zero-order valence-electron chi connectivity index (χ0n) is 9.69. The number of urea groups is 1. The largest absolute Gasteiger partial charge is 0.479 e. The van der Waals surface area contributed by atoms with Gasteiger partial charge in [-0.05, 0) is 18.2 Å². The molecule has 0 saturated carbocycles. The second-order valence-electron chi connectivity index (χ2n) is 3.65. The Morgan fingerprint density at radius 2 is 2.11 bits per heavy atom. The molecule has 0 aliphatic carbocycles. The van der Waals surface area contributed by atoms with Gasteiger partial charge in [-0.2, -0.15) is 0 Å². The lowest BCUT2D eigenvalue weighted by Gasteiger charge is -2.09. The Morgan fingerprint density at radius 1 is 1.42 bits per heavy atom. The number of carboxylic acids is 1. The predicted octanol–water partition coefficient (Wildman–Crippen LogP) is 1.44. The molecule has 0 bridgehead atoms. The van der Waals surface area contributed by atoms with Gasteiger partial charge in [0.15, 0.2) is 6.10 Å². The second kappa shape index (κ2) is 6.91. The minimum absolute atomic E-state index is 0.0549. The van der Waals surface area contributed by atoms with Gasteiger partial charge in [0, 0.05) is 18.0 Å². The van der Waals surface area contributed by atoms with Crippen molar-refractivity contribution in [3.05, 3.63) is 29.0 Å². The first-order valence-corrected chi connectivity index (χ1v) is 5.68. The molecule has 104 valence electrons. The van der Waals surface area contributed by atoms with Crippen LogP contribution in [0.3, 0.4) is 0 Å². The Balaban J connectivity index is 2.41. The van der Waals surface area contributed by atoms with Crippen LogP contribution in [0.2, 0.25) is 5.02 Å². The molecule has 0 spiro atoms. The van der Waals surface area contributed by atoms with Crippen molar-refractivity contribution in [2.24, 2.45) is 0 Å². The molecule has 0 fully saturated rings. The number of hydrogen-bond acceptors (Lipinski definition) is 3. The molecule has 1 aromatic carbocycles. The summed E-state index contributed by atoms with van der Waals surface area (Å²) in [7, 11) is 0. The van der Waals surface area contributed by atoms with Crippen LogP contribution in [0.15, 0.2) is 18.2 Å². The number of anilines is 1. The van der Waals surface area contributed by atoms with E-state index in [0.29, 0.717) is 0 Å². The number of rotatable bonds is 5. The van der Waals surface area contributed by atoms with Gasteiger partial charge in [0.05, 0.1) is 5.69 Å². The molecule has 2 amide bonds. The van der Waals surface area contributed by atoms with Gasteiger partial charge in [0.25, 0.3) is 0 Å². The maximum atomic E-state index is 13.3. The first kappa shape index (κ1) is 15.2. The molecule has 8 heteroatoms. The number of hydrogen-bond donors (Lipinski definition) is 4. The first-order valence-electron chi connectivity index (χ1n) is 5.31. The maximum absolute atomic E-state index is 13.3. The van der Waals surface area contributed by atoms with Gasteiger partial charge in [-0.25, -0.2) is 14.0 Å². The zero-order valence-corrected chi connectivity index (χ0v) is 10.4. The van der Waals surface area contributed by atoms with Crippen molar-refractivity contribution in [1.29, 1.82) is 0 Å². The number of carbonyl (C=O) groups excluding carboxylic acids is 1. The number of amides is 2. The number of halogens is 2. The van der Waals surface area contributed by atoms with Crippen molar-refractivity contribution in [1.82, 2.24) is 5.32 Å². The highest BCUT2D eigenvalue weighted by Crippen LogP contribution is 2.18. The van der Waals surface area contributed by atoms with E-state index in [9.17, 15) is 14.0 Å². The standard InChI is InChI=1S/C11H12ClFN2O4/c12-6-1-2-8(7(13)5-6)15-11(19)14-4-3-9(16)10(17)18/h1-2,5,9,16H,3-4H2,(H,17,18)(H2,14,15,19)/t9-/m0/s1. The van der Waals surface area contributed by atoms with Crippen LogP contribution in [0.4, 0.5) is 14.9 Å². The van der Waals surface area contributed by atoms with Gasteiger partial charge in [0.1, 0.15) is 5.82 Å². The summed E-state index contributed by atoms with van der Waals surface area (Å²) in [5.74, 6) is -2.06. The van der Waals surface area contributed by atoms with Crippen LogP contribution in [0.5, 0.6) is 0 Å². The second-order valence-corrected chi connectivity index (χ2v) is 4.08. The van der Waals surface area contributed by atoms with E-state index in [1.165, 1.54) is 12.1 Å². The minimum Gasteiger partial charge on any atom is -0.479 e. The van der Waals surface area contributed by atoms with Crippen molar-refractivity contribution >= 4 is 29.3 Å². The molecule has 0 aliphatic rings. The van der Waals surface area contributed by atoms with Gasteiger partial charge in [-0.15, -0.1) is 0 Å². The summed E-state index contributed by atoms with van der Waals surface area (Å²) in [6.07, 6.45) is -1.70.